The average molecular weight is 357 g/mol. The van der Waals surface area contributed by atoms with Crippen LogP contribution in [0.3, 0.4) is 0 Å². The van der Waals surface area contributed by atoms with Crippen LogP contribution in [-0.4, -0.2) is 16.1 Å². The maximum Gasteiger partial charge on any atom is 0.336 e. The molecule has 3 aromatic rings. The summed E-state index contributed by atoms with van der Waals surface area (Å²) in [4.78, 5) is 17.0. The van der Waals surface area contributed by atoms with E-state index in [0.29, 0.717) is 11.5 Å². The molecule has 3 heteroatoms. The molecular formula is C24H23NO2. The van der Waals surface area contributed by atoms with Crippen LogP contribution in [0.15, 0.2) is 42.5 Å². The highest BCUT2D eigenvalue weighted by atomic mass is 16.4. The molecule has 2 aromatic carbocycles. The van der Waals surface area contributed by atoms with Gasteiger partial charge in [0.15, 0.2) is 0 Å². The summed E-state index contributed by atoms with van der Waals surface area (Å²) in [5.41, 5.74) is 7.62. The molecule has 1 atom stereocenters. The number of pyridine rings is 1. The third kappa shape index (κ3) is 3.14. The zero-order chi connectivity index (χ0) is 19.1. The van der Waals surface area contributed by atoms with E-state index >= 15 is 0 Å². The molecule has 4 rings (SSSR count). The van der Waals surface area contributed by atoms with Crippen molar-refractivity contribution in [2.75, 3.05) is 0 Å². The second-order valence-electron chi connectivity index (χ2n) is 7.68. The summed E-state index contributed by atoms with van der Waals surface area (Å²) < 4.78 is 0. The molecule has 136 valence electrons. The Morgan fingerprint density at radius 2 is 1.93 bits per heavy atom. The van der Waals surface area contributed by atoms with Crippen molar-refractivity contribution in [2.24, 2.45) is 5.92 Å². The summed E-state index contributed by atoms with van der Waals surface area (Å²) in [6.07, 6.45) is 3.86. The highest BCUT2D eigenvalue weighted by Gasteiger charge is 2.27. The highest BCUT2D eigenvalue weighted by Crippen LogP contribution is 2.38. The van der Waals surface area contributed by atoms with Crippen molar-refractivity contribution in [1.82, 2.24) is 4.98 Å². The smallest absolute Gasteiger partial charge is 0.336 e. The molecule has 0 saturated carbocycles. The van der Waals surface area contributed by atoms with Crippen molar-refractivity contribution in [2.45, 2.75) is 33.6 Å². The van der Waals surface area contributed by atoms with Crippen LogP contribution < -0.4 is 0 Å². The van der Waals surface area contributed by atoms with Crippen molar-refractivity contribution >= 4 is 28.5 Å². The van der Waals surface area contributed by atoms with Crippen molar-refractivity contribution in [1.29, 1.82) is 0 Å². The van der Waals surface area contributed by atoms with E-state index in [1.807, 2.05) is 24.3 Å². The van der Waals surface area contributed by atoms with Gasteiger partial charge in [-0.1, -0.05) is 48.9 Å². The average Bonchev–Trinajstić information content (AvgIpc) is 2.62. The van der Waals surface area contributed by atoms with Crippen LogP contribution in [0, 0.1) is 19.8 Å². The van der Waals surface area contributed by atoms with Gasteiger partial charge in [-0.25, -0.2) is 9.78 Å². The summed E-state index contributed by atoms with van der Waals surface area (Å²) >= 11 is 0. The van der Waals surface area contributed by atoms with Gasteiger partial charge in [-0.2, -0.15) is 0 Å². The third-order valence-electron chi connectivity index (χ3n) is 5.40. The Labute approximate surface area is 159 Å². The zero-order valence-electron chi connectivity index (χ0n) is 15.9. The number of benzene rings is 2. The topological polar surface area (TPSA) is 50.2 Å². The summed E-state index contributed by atoms with van der Waals surface area (Å²) in [7, 11) is 0. The maximum absolute atomic E-state index is 12.1. The van der Waals surface area contributed by atoms with Crippen molar-refractivity contribution < 1.29 is 9.90 Å². The summed E-state index contributed by atoms with van der Waals surface area (Å²) in [6, 6.07) is 14.0. The van der Waals surface area contributed by atoms with E-state index in [-0.39, 0.29) is 0 Å². The van der Waals surface area contributed by atoms with Gasteiger partial charge in [0, 0.05) is 5.39 Å². The Hall–Kier alpha value is -2.94. The predicted molar refractivity (Wildman–Crippen MR) is 110 cm³/mol. The van der Waals surface area contributed by atoms with Gasteiger partial charge in [0.05, 0.1) is 16.8 Å². The molecule has 1 heterocycles. The molecule has 1 N–H and O–H groups in total. The Kier molecular flexibility index (Phi) is 4.31. The van der Waals surface area contributed by atoms with Crippen molar-refractivity contribution in [3.05, 3.63) is 76.0 Å². The minimum atomic E-state index is -0.870. The van der Waals surface area contributed by atoms with Crippen LogP contribution in [0.25, 0.3) is 22.6 Å². The largest absolute Gasteiger partial charge is 0.478 e. The Balaban J connectivity index is 2.00. The lowest BCUT2D eigenvalue weighted by atomic mass is 9.80. The minimum absolute atomic E-state index is 0.384. The highest BCUT2D eigenvalue weighted by molar-refractivity contribution is 6.06. The molecular weight excluding hydrogens is 334 g/mol. The fourth-order valence-corrected chi connectivity index (χ4v) is 4.08. The number of carboxylic acid groups (broad SMARTS) is 1. The normalized spacial score (nSPS) is 17.9. The number of carboxylic acids is 1. The van der Waals surface area contributed by atoms with E-state index in [2.05, 4.69) is 45.0 Å². The second kappa shape index (κ2) is 6.66. The molecule has 0 bridgehead atoms. The Morgan fingerprint density at radius 1 is 1.15 bits per heavy atom. The number of hydrogen-bond acceptors (Lipinski definition) is 2. The van der Waals surface area contributed by atoms with E-state index in [1.54, 1.807) is 0 Å². The maximum atomic E-state index is 12.1. The summed E-state index contributed by atoms with van der Waals surface area (Å²) in [5, 5.41) is 10.7. The molecule has 27 heavy (non-hydrogen) atoms. The van der Waals surface area contributed by atoms with Crippen LogP contribution >= 0.6 is 0 Å². The van der Waals surface area contributed by atoms with Crippen LogP contribution in [0.5, 0.6) is 0 Å². The molecule has 0 spiro atoms. The van der Waals surface area contributed by atoms with Gasteiger partial charge in [-0.15, -0.1) is 0 Å². The monoisotopic (exact) mass is 357 g/mol. The molecule has 1 aliphatic carbocycles. The second-order valence-corrected chi connectivity index (χ2v) is 7.68. The Bertz CT molecular complexity index is 1090. The van der Waals surface area contributed by atoms with Crippen LogP contribution in [0.1, 0.15) is 51.7 Å². The minimum Gasteiger partial charge on any atom is -0.478 e. The molecule has 1 aliphatic rings. The molecule has 0 aliphatic heterocycles. The van der Waals surface area contributed by atoms with E-state index in [0.717, 1.165) is 40.6 Å². The number of allylic oxidation sites excluding steroid dienone is 1. The van der Waals surface area contributed by atoms with Crippen LogP contribution in [0.2, 0.25) is 0 Å². The molecule has 0 radical (unpaired) electrons. The number of nitrogens with zero attached hydrogens (tertiary/aromatic N) is 1. The zero-order valence-corrected chi connectivity index (χ0v) is 15.9. The van der Waals surface area contributed by atoms with Crippen LogP contribution in [0.4, 0.5) is 0 Å². The van der Waals surface area contributed by atoms with Gasteiger partial charge >= 0.3 is 5.97 Å². The molecule has 1 aromatic heterocycles. The first-order valence-corrected chi connectivity index (χ1v) is 9.37. The van der Waals surface area contributed by atoms with Gasteiger partial charge < -0.3 is 5.11 Å². The number of carbonyl (C=O) groups is 1. The molecule has 0 saturated heterocycles. The lowest BCUT2D eigenvalue weighted by Crippen LogP contribution is -2.17. The third-order valence-corrected chi connectivity index (χ3v) is 5.40. The number of aryl methyl sites for hydroxylation is 2. The molecule has 1 unspecified atom stereocenters. The molecule has 0 amide bonds. The van der Waals surface area contributed by atoms with Crippen molar-refractivity contribution in [3.8, 4) is 0 Å². The number of aromatic nitrogens is 1. The summed E-state index contributed by atoms with van der Waals surface area (Å²) in [6.45, 7) is 6.38. The van der Waals surface area contributed by atoms with E-state index in [1.165, 1.54) is 16.7 Å². The van der Waals surface area contributed by atoms with E-state index in [4.69, 9.17) is 4.98 Å². The SMILES string of the molecule is Cc1ccc(C)c(C=C2CC(C)Cc3c2nc2ccccc2c3C(=O)O)c1. The number of para-hydroxylation sites is 1. The summed E-state index contributed by atoms with van der Waals surface area (Å²) in [5.74, 6) is -0.486. The van der Waals surface area contributed by atoms with Gasteiger partial charge in [0.2, 0.25) is 0 Å². The lowest BCUT2D eigenvalue weighted by Gasteiger charge is -2.26. The number of hydrogen-bond donors (Lipinski definition) is 1. The first-order chi connectivity index (χ1) is 12.9. The standard InChI is InChI=1S/C24H23NO2/c1-14-8-9-16(3)17(10-14)13-18-11-15(2)12-20-22(24(26)27)19-6-4-5-7-21(19)25-23(18)20/h4-10,13,15H,11-12H2,1-3H3,(H,26,27). The Morgan fingerprint density at radius 3 is 2.70 bits per heavy atom. The lowest BCUT2D eigenvalue weighted by molar-refractivity contribution is 0.0697. The van der Waals surface area contributed by atoms with Gasteiger partial charge in [0.25, 0.3) is 0 Å². The van der Waals surface area contributed by atoms with Gasteiger partial charge in [-0.3, -0.25) is 0 Å². The number of rotatable bonds is 2. The molecule has 3 nitrogen and oxygen atoms in total. The number of aromatic carboxylic acids is 1. The fourth-order valence-electron chi connectivity index (χ4n) is 4.08. The quantitative estimate of drug-likeness (QED) is 0.642. The van der Waals surface area contributed by atoms with Gasteiger partial charge in [0.1, 0.15) is 0 Å². The van der Waals surface area contributed by atoms with E-state index in [9.17, 15) is 9.90 Å². The van der Waals surface area contributed by atoms with Gasteiger partial charge in [-0.05, 0) is 67.0 Å². The first-order valence-electron chi connectivity index (χ1n) is 9.37. The van der Waals surface area contributed by atoms with E-state index < -0.39 is 5.97 Å². The van der Waals surface area contributed by atoms with Crippen molar-refractivity contribution in [3.63, 3.8) is 0 Å². The first kappa shape index (κ1) is 17.5. The fraction of sp³-hybridized carbons (Fsp3) is 0.250. The van der Waals surface area contributed by atoms with Crippen LogP contribution in [-0.2, 0) is 6.42 Å². The number of fused-ring (bicyclic) bond motifs is 2. The predicted octanol–water partition coefficient (Wildman–Crippen LogP) is 5.67. The molecule has 0 fully saturated rings.